The summed E-state index contributed by atoms with van der Waals surface area (Å²) < 4.78 is 29.4. The molecular formula is C33H40ClN3O4S. The number of benzene rings is 3. The fourth-order valence-electron chi connectivity index (χ4n) is 5.44. The summed E-state index contributed by atoms with van der Waals surface area (Å²) in [5.74, 6) is -0.718. The predicted octanol–water partition coefficient (Wildman–Crippen LogP) is 6.33. The number of hydrogen-bond donors (Lipinski definition) is 1. The highest BCUT2D eigenvalue weighted by Gasteiger charge is 2.35. The van der Waals surface area contributed by atoms with Crippen LogP contribution < -0.4 is 9.62 Å². The molecule has 1 atom stereocenters. The smallest absolute Gasteiger partial charge is 0.264 e. The summed E-state index contributed by atoms with van der Waals surface area (Å²) in [6.45, 7) is 7.04. The van der Waals surface area contributed by atoms with Gasteiger partial charge in [-0.05, 0) is 81.0 Å². The molecule has 0 unspecified atom stereocenters. The first kappa shape index (κ1) is 31.6. The van der Waals surface area contributed by atoms with Crippen LogP contribution in [0.15, 0.2) is 71.6 Å². The van der Waals surface area contributed by atoms with Gasteiger partial charge >= 0.3 is 0 Å². The number of nitrogens with zero attached hydrogens (tertiary/aromatic N) is 2. The lowest BCUT2D eigenvalue weighted by Crippen LogP contribution is -2.53. The van der Waals surface area contributed by atoms with Crippen molar-refractivity contribution in [2.45, 2.75) is 83.3 Å². The SMILES string of the molecule is CC[C@@H](C(=O)NC1CCCC1)N(Cc1ccccc1Cl)C(=O)CN(c1cc(C)ccc1C)S(=O)(=O)c1ccc(C)cc1. The van der Waals surface area contributed by atoms with Gasteiger partial charge in [-0.2, -0.15) is 0 Å². The molecule has 0 aromatic heterocycles. The van der Waals surface area contributed by atoms with E-state index in [4.69, 9.17) is 11.6 Å². The third-order valence-corrected chi connectivity index (χ3v) is 10.0. The molecule has 0 heterocycles. The molecule has 1 N–H and O–H groups in total. The van der Waals surface area contributed by atoms with E-state index in [0.29, 0.717) is 28.3 Å². The van der Waals surface area contributed by atoms with Crippen molar-refractivity contribution in [1.82, 2.24) is 10.2 Å². The van der Waals surface area contributed by atoms with Gasteiger partial charge in [0.15, 0.2) is 0 Å². The Balaban J connectivity index is 1.75. The highest BCUT2D eigenvalue weighted by molar-refractivity contribution is 7.92. The molecular weight excluding hydrogens is 570 g/mol. The summed E-state index contributed by atoms with van der Waals surface area (Å²) in [4.78, 5) is 29.5. The number of anilines is 1. The number of amides is 2. The van der Waals surface area contributed by atoms with E-state index in [1.54, 1.807) is 42.5 Å². The molecule has 1 fully saturated rings. The molecule has 42 heavy (non-hydrogen) atoms. The Bertz CT molecular complexity index is 1520. The molecule has 1 saturated carbocycles. The number of nitrogens with one attached hydrogen (secondary N) is 1. The maximum Gasteiger partial charge on any atom is 0.264 e. The number of sulfonamides is 1. The Morgan fingerprint density at radius 2 is 1.60 bits per heavy atom. The predicted molar refractivity (Wildman–Crippen MR) is 168 cm³/mol. The van der Waals surface area contributed by atoms with Crippen LogP contribution in [0.4, 0.5) is 5.69 Å². The average molecular weight is 610 g/mol. The minimum atomic E-state index is -4.13. The molecule has 4 rings (SSSR count). The fourth-order valence-corrected chi connectivity index (χ4v) is 7.10. The zero-order valence-corrected chi connectivity index (χ0v) is 26.3. The molecule has 3 aromatic rings. The first-order valence-corrected chi connectivity index (χ1v) is 16.3. The Morgan fingerprint density at radius 1 is 0.952 bits per heavy atom. The summed E-state index contributed by atoms with van der Waals surface area (Å²) >= 11 is 6.50. The number of hydrogen-bond acceptors (Lipinski definition) is 4. The summed E-state index contributed by atoms with van der Waals surface area (Å²) in [5.41, 5.74) is 3.60. The van der Waals surface area contributed by atoms with E-state index < -0.39 is 28.5 Å². The van der Waals surface area contributed by atoms with E-state index in [1.165, 1.54) is 9.21 Å². The third kappa shape index (κ3) is 7.34. The van der Waals surface area contributed by atoms with Gasteiger partial charge in [0.05, 0.1) is 10.6 Å². The number of carbonyl (C=O) groups is 2. The maximum absolute atomic E-state index is 14.3. The minimum absolute atomic E-state index is 0.0698. The molecule has 9 heteroatoms. The Morgan fingerprint density at radius 3 is 2.24 bits per heavy atom. The molecule has 0 bridgehead atoms. The second kappa shape index (κ2) is 13.7. The van der Waals surface area contributed by atoms with Gasteiger partial charge < -0.3 is 10.2 Å². The number of carbonyl (C=O) groups excluding carboxylic acids is 2. The molecule has 1 aliphatic rings. The molecule has 2 amide bonds. The van der Waals surface area contributed by atoms with Crippen LogP contribution in [0, 0.1) is 20.8 Å². The fraction of sp³-hybridized carbons (Fsp3) is 0.394. The topological polar surface area (TPSA) is 86.8 Å². The van der Waals surface area contributed by atoms with Gasteiger partial charge in [0.1, 0.15) is 12.6 Å². The van der Waals surface area contributed by atoms with E-state index in [-0.39, 0.29) is 23.4 Å². The van der Waals surface area contributed by atoms with Crippen molar-refractivity contribution in [3.8, 4) is 0 Å². The van der Waals surface area contributed by atoms with Gasteiger partial charge in [0.25, 0.3) is 10.0 Å². The second-order valence-corrected chi connectivity index (χ2v) is 13.4. The van der Waals surface area contributed by atoms with E-state index in [1.807, 2.05) is 52.0 Å². The Hall–Kier alpha value is -3.36. The Kier molecular flexibility index (Phi) is 10.3. The van der Waals surface area contributed by atoms with Crippen LogP contribution in [0.25, 0.3) is 0 Å². The monoisotopic (exact) mass is 609 g/mol. The average Bonchev–Trinajstić information content (AvgIpc) is 3.47. The highest BCUT2D eigenvalue weighted by atomic mass is 35.5. The number of rotatable bonds is 11. The first-order valence-electron chi connectivity index (χ1n) is 14.5. The number of aryl methyl sites for hydroxylation is 3. The van der Waals surface area contributed by atoms with Crippen molar-refractivity contribution in [1.29, 1.82) is 0 Å². The summed E-state index contributed by atoms with van der Waals surface area (Å²) in [6.07, 6.45) is 4.31. The van der Waals surface area contributed by atoms with Gasteiger partial charge in [0, 0.05) is 17.6 Å². The summed E-state index contributed by atoms with van der Waals surface area (Å²) in [7, 11) is -4.13. The lowest BCUT2D eigenvalue weighted by atomic mass is 10.1. The van der Waals surface area contributed by atoms with Gasteiger partial charge in [-0.3, -0.25) is 13.9 Å². The molecule has 1 aliphatic carbocycles. The molecule has 0 saturated heterocycles. The van der Waals surface area contributed by atoms with Crippen LogP contribution in [0.1, 0.15) is 61.3 Å². The van der Waals surface area contributed by atoms with Gasteiger partial charge in [-0.25, -0.2) is 8.42 Å². The first-order chi connectivity index (χ1) is 20.0. The number of halogens is 1. The molecule has 224 valence electrons. The van der Waals surface area contributed by atoms with E-state index >= 15 is 0 Å². The molecule has 7 nitrogen and oxygen atoms in total. The largest absolute Gasteiger partial charge is 0.352 e. The summed E-state index contributed by atoms with van der Waals surface area (Å²) in [6, 6.07) is 18.6. The van der Waals surface area contributed by atoms with Crippen molar-refractivity contribution >= 4 is 39.1 Å². The zero-order valence-electron chi connectivity index (χ0n) is 24.8. The lowest BCUT2D eigenvalue weighted by molar-refractivity contribution is -0.140. The van der Waals surface area contributed by atoms with E-state index in [0.717, 1.165) is 36.8 Å². The van der Waals surface area contributed by atoms with E-state index in [9.17, 15) is 18.0 Å². The van der Waals surface area contributed by atoms with Crippen LogP contribution in [-0.2, 0) is 26.2 Å². The van der Waals surface area contributed by atoms with Crippen LogP contribution in [0.2, 0.25) is 5.02 Å². The molecule has 0 radical (unpaired) electrons. The second-order valence-electron chi connectivity index (χ2n) is 11.1. The minimum Gasteiger partial charge on any atom is -0.352 e. The van der Waals surface area contributed by atoms with Crippen molar-refractivity contribution in [2.24, 2.45) is 0 Å². The van der Waals surface area contributed by atoms with Crippen molar-refractivity contribution < 1.29 is 18.0 Å². The zero-order chi connectivity index (χ0) is 30.4. The third-order valence-electron chi connectivity index (χ3n) is 7.91. The normalized spacial score (nSPS) is 14.4. The van der Waals surface area contributed by atoms with Crippen LogP contribution in [0.3, 0.4) is 0 Å². The van der Waals surface area contributed by atoms with Crippen molar-refractivity contribution in [2.75, 3.05) is 10.8 Å². The molecule has 0 spiro atoms. The highest BCUT2D eigenvalue weighted by Crippen LogP contribution is 2.29. The molecule has 3 aromatic carbocycles. The van der Waals surface area contributed by atoms with Gasteiger partial charge in [-0.15, -0.1) is 0 Å². The van der Waals surface area contributed by atoms with Gasteiger partial charge in [-0.1, -0.05) is 79.4 Å². The van der Waals surface area contributed by atoms with E-state index in [2.05, 4.69) is 5.32 Å². The standard InChI is InChI=1S/C33H40ClN3O4S/c1-5-30(33(39)35-27-11-7-8-12-27)36(21-26-10-6-9-13-29(26)34)32(38)22-37(31-20-24(3)14-17-25(31)4)42(40,41)28-18-15-23(2)16-19-28/h6,9-10,13-20,27,30H,5,7-8,11-12,21-22H2,1-4H3,(H,35,39)/t30-/m0/s1. The maximum atomic E-state index is 14.3. The Labute approximate surface area is 254 Å². The van der Waals surface area contributed by atoms with Crippen LogP contribution in [-0.4, -0.2) is 43.8 Å². The van der Waals surface area contributed by atoms with Gasteiger partial charge in [0.2, 0.25) is 11.8 Å². The quantitative estimate of drug-likeness (QED) is 0.275. The van der Waals surface area contributed by atoms with Crippen molar-refractivity contribution in [3.63, 3.8) is 0 Å². The summed E-state index contributed by atoms with van der Waals surface area (Å²) in [5, 5.41) is 3.60. The van der Waals surface area contributed by atoms with Crippen LogP contribution >= 0.6 is 11.6 Å². The molecule has 0 aliphatic heterocycles. The van der Waals surface area contributed by atoms with Crippen molar-refractivity contribution in [3.05, 3.63) is 94.0 Å². The van der Waals surface area contributed by atoms with Crippen LogP contribution in [0.5, 0.6) is 0 Å². The lowest BCUT2D eigenvalue weighted by Gasteiger charge is -2.34.